The maximum Gasteiger partial charge on any atom is 0.266 e. The molecule has 3 rings (SSSR count). The smallest absolute Gasteiger partial charge is 0.266 e. The van der Waals surface area contributed by atoms with Crippen LogP contribution in [0, 0.1) is 5.92 Å². The number of fused-ring (bicyclic) bond motifs is 1. The lowest BCUT2D eigenvalue weighted by Gasteiger charge is -2.19. The number of nitrogens with one attached hydrogen (secondary N) is 1. The Balaban J connectivity index is 1.97. The first-order valence-corrected chi connectivity index (χ1v) is 6.56. The van der Waals surface area contributed by atoms with Gasteiger partial charge in [0.25, 0.3) is 5.56 Å². The van der Waals surface area contributed by atoms with Gasteiger partial charge in [-0.15, -0.1) is 0 Å². The summed E-state index contributed by atoms with van der Waals surface area (Å²) >= 11 is 0. The summed E-state index contributed by atoms with van der Waals surface area (Å²) in [5.74, 6) is 0.564. The number of rotatable bonds is 2. The van der Waals surface area contributed by atoms with Crippen LogP contribution >= 0.6 is 0 Å². The monoisotopic (exact) mass is 258 g/mol. The third-order valence-electron chi connectivity index (χ3n) is 3.95. The molecule has 5 heteroatoms. The summed E-state index contributed by atoms with van der Waals surface area (Å²) in [5, 5.41) is 0. The van der Waals surface area contributed by atoms with Crippen LogP contribution in [0.1, 0.15) is 18.0 Å². The number of nitrogens with zero attached hydrogens (tertiary/aromatic N) is 2. The van der Waals surface area contributed by atoms with Crippen molar-refractivity contribution in [1.29, 1.82) is 0 Å². The van der Waals surface area contributed by atoms with Gasteiger partial charge in [0.05, 0.1) is 17.2 Å². The average molecular weight is 258 g/mol. The normalized spacial score (nSPS) is 24.1. The molecule has 0 saturated carbocycles. The summed E-state index contributed by atoms with van der Waals surface area (Å²) in [7, 11) is 2.13. The van der Waals surface area contributed by atoms with Gasteiger partial charge in [0.1, 0.15) is 0 Å². The van der Waals surface area contributed by atoms with Crippen molar-refractivity contribution in [1.82, 2.24) is 14.9 Å². The van der Waals surface area contributed by atoms with Crippen LogP contribution in [-0.2, 0) is 0 Å². The van der Waals surface area contributed by atoms with Gasteiger partial charge in [-0.3, -0.25) is 9.69 Å². The SMILES string of the molecule is CN1CC(CN)CC1c1ccc2[nH]c(=O)cnc2c1. The first kappa shape index (κ1) is 12.3. The van der Waals surface area contributed by atoms with E-state index in [1.54, 1.807) is 0 Å². The molecule has 100 valence electrons. The second-order valence-corrected chi connectivity index (χ2v) is 5.32. The molecule has 19 heavy (non-hydrogen) atoms. The highest BCUT2D eigenvalue weighted by Gasteiger charge is 2.29. The van der Waals surface area contributed by atoms with Crippen molar-refractivity contribution < 1.29 is 0 Å². The van der Waals surface area contributed by atoms with Crippen LogP contribution in [0.15, 0.2) is 29.2 Å². The van der Waals surface area contributed by atoms with Crippen LogP contribution < -0.4 is 11.3 Å². The molecule has 0 bridgehead atoms. The number of nitrogens with two attached hydrogens (primary N) is 1. The van der Waals surface area contributed by atoms with Crippen LogP contribution in [0.25, 0.3) is 11.0 Å². The van der Waals surface area contributed by atoms with Crippen molar-refractivity contribution in [2.24, 2.45) is 11.7 Å². The predicted molar refractivity (Wildman–Crippen MR) is 74.9 cm³/mol. The minimum Gasteiger partial charge on any atom is -0.330 e. The fourth-order valence-electron chi connectivity index (χ4n) is 2.93. The maximum absolute atomic E-state index is 11.2. The summed E-state index contributed by atoms with van der Waals surface area (Å²) < 4.78 is 0. The van der Waals surface area contributed by atoms with Gasteiger partial charge in [-0.2, -0.15) is 0 Å². The quantitative estimate of drug-likeness (QED) is 0.838. The van der Waals surface area contributed by atoms with Crippen molar-refractivity contribution in [2.75, 3.05) is 20.1 Å². The fraction of sp³-hybridized carbons (Fsp3) is 0.429. The van der Waals surface area contributed by atoms with Gasteiger partial charge < -0.3 is 10.7 Å². The van der Waals surface area contributed by atoms with E-state index in [0.29, 0.717) is 12.0 Å². The molecule has 5 nitrogen and oxygen atoms in total. The molecule has 1 fully saturated rings. The summed E-state index contributed by atoms with van der Waals surface area (Å²) in [6.45, 7) is 1.78. The zero-order valence-electron chi connectivity index (χ0n) is 11.0. The molecule has 0 aliphatic carbocycles. The second-order valence-electron chi connectivity index (χ2n) is 5.32. The summed E-state index contributed by atoms with van der Waals surface area (Å²) in [6.07, 6.45) is 2.41. The molecular formula is C14H18N4O. The molecule has 1 saturated heterocycles. The molecule has 1 aliphatic heterocycles. The van der Waals surface area contributed by atoms with Crippen LogP contribution in [0.3, 0.4) is 0 Å². The maximum atomic E-state index is 11.2. The van der Waals surface area contributed by atoms with Crippen molar-refractivity contribution >= 4 is 11.0 Å². The zero-order valence-corrected chi connectivity index (χ0v) is 11.0. The van der Waals surface area contributed by atoms with E-state index in [4.69, 9.17) is 5.73 Å². The number of likely N-dealkylation sites (tertiary alicyclic amines) is 1. The average Bonchev–Trinajstić information content (AvgIpc) is 2.79. The van der Waals surface area contributed by atoms with E-state index in [1.165, 1.54) is 11.8 Å². The Morgan fingerprint density at radius 1 is 1.53 bits per heavy atom. The van der Waals surface area contributed by atoms with Gasteiger partial charge in [-0.1, -0.05) is 6.07 Å². The third kappa shape index (κ3) is 2.27. The van der Waals surface area contributed by atoms with E-state index in [1.807, 2.05) is 6.07 Å². The first-order valence-electron chi connectivity index (χ1n) is 6.56. The van der Waals surface area contributed by atoms with Crippen LogP contribution in [0.5, 0.6) is 0 Å². The van der Waals surface area contributed by atoms with Crippen LogP contribution in [0.4, 0.5) is 0 Å². The Labute approximate surface area is 111 Å². The van der Waals surface area contributed by atoms with E-state index in [2.05, 4.69) is 34.0 Å². The number of aromatic amines is 1. The van der Waals surface area contributed by atoms with Crippen molar-refractivity contribution in [3.05, 3.63) is 40.3 Å². The molecule has 2 unspecified atom stereocenters. The highest BCUT2D eigenvalue weighted by molar-refractivity contribution is 5.74. The summed E-state index contributed by atoms with van der Waals surface area (Å²) in [5.41, 5.74) is 8.46. The molecule has 1 aliphatic rings. The van der Waals surface area contributed by atoms with Gasteiger partial charge in [-0.05, 0) is 43.6 Å². The molecule has 0 spiro atoms. The van der Waals surface area contributed by atoms with Crippen LogP contribution in [-0.4, -0.2) is 35.0 Å². The van der Waals surface area contributed by atoms with E-state index in [0.717, 1.165) is 30.5 Å². The lowest BCUT2D eigenvalue weighted by atomic mass is 9.99. The van der Waals surface area contributed by atoms with Gasteiger partial charge in [0, 0.05) is 12.6 Å². The molecular weight excluding hydrogens is 240 g/mol. The lowest BCUT2D eigenvalue weighted by molar-refractivity contribution is 0.314. The Hall–Kier alpha value is -1.72. The van der Waals surface area contributed by atoms with E-state index in [9.17, 15) is 4.79 Å². The van der Waals surface area contributed by atoms with Gasteiger partial charge >= 0.3 is 0 Å². The van der Waals surface area contributed by atoms with Crippen molar-refractivity contribution in [3.63, 3.8) is 0 Å². The second kappa shape index (κ2) is 4.75. The number of hydrogen-bond acceptors (Lipinski definition) is 4. The summed E-state index contributed by atoms with van der Waals surface area (Å²) in [6, 6.07) is 6.46. The molecule has 2 heterocycles. The topological polar surface area (TPSA) is 75.0 Å². The number of aromatic nitrogens is 2. The lowest BCUT2D eigenvalue weighted by Crippen LogP contribution is -2.20. The third-order valence-corrected chi connectivity index (χ3v) is 3.95. The van der Waals surface area contributed by atoms with E-state index >= 15 is 0 Å². The molecule has 0 radical (unpaired) electrons. The Morgan fingerprint density at radius 3 is 3.11 bits per heavy atom. The van der Waals surface area contributed by atoms with E-state index in [-0.39, 0.29) is 5.56 Å². The van der Waals surface area contributed by atoms with E-state index < -0.39 is 0 Å². The van der Waals surface area contributed by atoms with Crippen LogP contribution in [0.2, 0.25) is 0 Å². The van der Waals surface area contributed by atoms with Crippen molar-refractivity contribution in [3.8, 4) is 0 Å². The largest absolute Gasteiger partial charge is 0.330 e. The van der Waals surface area contributed by atoms with Gasteiger partial charge in [-0.25, -0.2) is 4.98 Å². The zero-order chi connectivity index (χ0) is 13.4. The number of benzene rings is 1. The predicted octanol–water partition coefficient (Wildman–Crippen LogP) is 0.875. The molecule has 0 amide bonds. The molecule has 1 aromatic heterocycles. The van der Waals surface area contributed by atoms with Gasteiger partial charge in [0.2, 0.25) is 0 Å². The Kier molecular flexibility index (Phi) is 3.08. The fourth-order valence-corrected chi connectivity index (χ4v) is 2.93. The molecule has 2 atom stereocenters. The number of H-pyrrole nitrogens is 1. The minimum atomic E-state index is -0.165. The molecule has 2 aromatic rings. The first-order chi connectivity index (χ1) is 9.17. The molecule has 1 aromatic carbocycles. The van der Waals surface area contributed by atoms with Gasteiger partial charge in [0.15, 0.2) is 0 Å². The molecule has 3 N–H and O–H groups in total. The summed E-state index contributed by atoms with van der Waals surface area (Å²) in [4.78, 5) is 20.5. The highest BCUT2D eigenvalue weighted by Crippen LogP contribution is 2.34. The highest BCUT2D eigenvalue weighted by atomic mass is 16.1. The Morgan fingerprint density at radius 2 is 2.37 bits per heavy atom. The minimum absolute atomic E-state index is 0.165. The van der Waals surface area contributed by atoms with Crippen molar-refractivity contribution in [2.45, 2.75) is 12.5 Å². The Bertz CT molecular complexity index is 651. The standard InChI is InChI=1S/C14H18N4O/c1-18-8-9(6-15)4-13(18)10-2-3-11-12(5-10)16-7-14(19)17-11/h2-3,5,7,9,13H,4,6,8,15H2,1H3,(H,17,19). The number of hydrogen-bond donors (Lipinski definition) is 2.